The van der Waals surface area contributed by atoms with Gasteiger partial charge in [0, 0.05) is 18.4 Å². The summed E-state index contributed by atoms with van der Waals surface area (Å²) in [6.45, 7) is 3.73. The fourth-order valence-electron chi connectivity index (χ4n) is 2.95. The highest BCUT2D eigenvalue weighted by Gasteiger charge is 2.41. The van der Waals surface area contributed by atoms with Crippen LogP contribution in [0.25, 0.3) is 0 Å². The van der Waals surface area contributed by atoms with E-state index in [0.717, 1.165) is 17.7 Å². The topological polar surface area (TPSA) is 62.7 Å². The number of halogens is 2. The molecule has 0 bridgehead atoms. The second kappa shape index (κ2) is 7.52. The molecule has 2 amide bonds. The predicted octanol–water partition coefficient (Wildman–Crippen LogP) is 3.73. The van der Waals surface area contributed by atoms with Gasteiger partial charge in [-0.25, -0.2) is 19.1 Å². The van der Waals surface area contributed by atoms with Crippen LogP contribution in [0.3, 0.4) is 0 Å². The number of ether oxygens (including phenoxy) is 1. The van der Waals surface area contributed by atoms with Crippen LogP contribution < -0.4 is 9.80 Å². The third-order valence-corrected chi connectivity index (χ3v) is 4.72. The van der Waals surface area contributed by atoms with Crippen LogP contribution in [0.15, 0.2) is 30.3 Å². The van der Waals surface area contributed by atoms with Gasteiger partial charge in [-0.3, -0.25) is 4.79 Å². The Bertz CT molecular complexity index is 906. The van der Waals surface area contributed by atoms with E-state index in [1.54, 1.807) is 6.07 Å². The van der Waals surface area contributed by atoms with Crippen molar-refractivity contribution in [2.45, 2.75) is 26.3 Å². The maximum absolute atomic E-state index is 13.4. The van der Waals surface area contributed by atoms with Crippen molar-refractivity contribution in [1.29, 1.82) is 0 Å². The number of carbonyl (C=O) groups is 2. The molecule has 1 saturated heterocycles. The Labute approximate surface area is 161 Å². The van der Waals surface area contributed by atoms with Gasteiger partial charge in [-0.1, -0.05) is 18.5 Å². The molecule has 27 heavy (non-hydrogen) atoms. The van der Waals surface area contributed by atoms with Crippen molar-refractivity contribution in [3.8, 4) is 0 Å². The second-order valence-corrected chi connectivity index (χ2v) is 6.69. The van der Waals surface area contributed by atoms with E-state index in [4.69, 9.17) is 16.3 Å². The van der Waals surface area contributed by atoms with Gasteiger partial charge in [-0.15, -0.1) is 0 Å². The van der Waals surface area contributed by atoms with Gasteiger partial charge < -0.3 is 9.64 Å². The Kier molecular flexibility index (Phi) is 5.32. The lowest BCUT2D eigenvalue weighted by atomic mass is 10.1. The van der Waals surface area contributed by atoms with Crippen LogP contribution in [-0.2, 0) is 16.0 Å². The number of cyclic esters (lactones) is 1. The minimum atomic E-state index is -0.870. The van der Waals surface area contributed by atoms with Gasteiger partial charge in [0.1, 0.15) is 18.2 Å². The summed E-state index contributed by atoms with van der Waals surface area (Å²) in [5, 5.41) is -0.0873. The van der Waals surface area contributed by atoms with E-state index in [9.17, 15) is 14.0 Å². The zero-order valence-corrected chi connectivity index (χ0v) is 16.0. The van der Waals surface area contributed by atoms with E-state index in [1.807, 2.05) is 19.9 Å². The van der Waals surface area contributed by atoms with Crippen LogP contribution >= 0.6 is 11.6 Å². The number of pyridine rings is 1. The summed E-state index contributed by atoms with van der Waals surface area (Å²) in [4.78, 5) is 32.2. The molecule has 1 aliphatic heterocycles. The predicted molar refractivity (Wildman–Crippen MR) is 101 cm³/mol. The summed E-state index contributed by atoms with van der Waals surface area (Å²) in [7, 11) is 1.54. The molecular formula is C19H19ClFN3O3. The molecule has 2 heterocycles. The first kappa shape index (κ1) is 19.1. The Morgan fingerprint density at radius 1 is 1.41 bits per heavy atom. The first-order valence-electron chi connectivity index (χ1n) is 8.48. The average Bonchev–Trinajstić information content (AvgIpc) is 3.03. The van der Waals surface area contributed by atoms with Crippen molar-refractivity contribution in [3.63, 3.8) is 0 Å². The van der Waals surface area contributed by atoms with E-state index in [-0.39, 0.29) is 17.5 Å². The molecule has 0 radical (unpaired) electrons. The molecule has 0 aliphatic carbocycles. The van der Waals surface area contributed by atoms with Gasteiger partial charge in [0.2, 0.25) is 0 Å². The van der Waals surface area contributed by atoms with E-state index in [1.165, 1.54) is 35.0 Å². The molecule has 0 N–H and O–H groups in total. The van der Waals surface area contributed by atoms with Crippen molar-refractivity contribution in [3.05, 3.63) is 52.4 Å². The fourth-order valence-corrected chi connectivity index (χ4v) is 3.12. The number of carbonyl (C=O) groups excluding carboxylic acids is 2. The second-order valence-electron chi connectivity index (χ2n) is 6.29. The van der Waals surface area contributed by atoms with Gasteiger partial charge in [0.25, 0.3) is 5.91 Å². The van der Waals surface area contributed by atoms with Crippen molar-refractivity contribution in [2.75, 3.05) is 23.5 Å². The number of rotatable bonds is 4. The lowest BCUT2D eigenvalue weighted by Gasteiger charge is -2.25. The normalized spacial score (nSPS) is 16.4. The number of anilines is 2. The minimum absolute atomic E-state index is 0.0873. The lowest BCUT2D eigenvalue weighted by molar-refractivity contribution is -0.119. The molecule has 0 saturated carbocycles. The van der Waals surface area contributed by atoms with E-state index in [2.05, 4.69) is 4.98 Å². The number of benzene rings is 1. The first-order valence-corrected chi connectivity index (χ1v) is 8.85. The molecule has 1 aromatic carbocycles. The molecule has 1 fully saturated rings. The minimum Gasteiger partial charge on any atom is -0.446 e. The van der Waals surface area contributed by atoms with Crippen molar-refractivity contribution >= 4 is 35.1 Å². The van der Waals surface area contributed by atoms with Gasteiger partial charge >= 0.3 is 6.09 Å². The van der Waals surface area contributed by atoms with Crippen LogP contribution in [0.5, 0.6) is 0 Å². The highest BCUT2D eigenvalue weighted by molar-refractivity contribution is 6.31. The highest BCUT2D eigenvalue weighted by atomic mass is 35.5. The van der Waals surface area contributed by atoms with Crippen LogP contribution in [0, 0.1) is 12.7 Å². The molecule has 142 valence electrons. The molecule has 1 aliphatic rings. The molecule has 1 aromatic heterocycles. The summed E-state index contributed by atoms with van der Waals surface area (Å²) < 4.78 is 18.5. The standard InChI is InChI=1S/C19H19ClFN3O3/c1-4-12-7-11(2)22-17(8-12)24-16(10-27-19(24)26)18(25)23(3)13-5-6-15(21)14(20)9-13/h5-9,16H,4,10H2,1-3H3/t16-/m0/s1. The smallest absolute Gasteiger partial charge is 0.416 e. The Morgan fingerprint density at radius 3 is 2.81 bits per heavy atom. The van der Waals surface area contributed by atoms with Gasteiger partial charge in [0.05, 0.1) is 5.02 Å². The van der Waals surface area contributed by atoms with E-state index in [0.29, 0.717) is 11.5 Å². The molecule has 0 unspecified atom stereocenters. The molecule has 6 nitrogen and oxygen atoms in total. The first-order chi connectivity index (χ1) is 12.8. The Morgan fingerprint density at radius 2 is 2.15 bits per heavy atom. The Hall–Kier alpha value is -2.67. The molecule has 0 spiro atoms. The lowest BCUT2D eigenvalue weighted by Crippen LogP contribution is -2.47. The van der Waals surface area contributed by atoms with Crippen LogP contribution in [0.1, 0.15) is 18.2 Å². The number of amides is 2. The quantitative estimate of drug-likeness (QED) is 0.796. The Balaban J connectivity index is 1.92. The van der Waals surface area contributed by atoms with Gasteiger partial charge in [0.15, 0.2) is 6.04 Å². The zero-order chi connectivity index (χ0) is 19.7. The third kappa shape index (κ3) is 3.73. The number of aromatic nitrogens is 1. The molecule has 1 atom stereocenters. The summed E-state index contributed by atoms with van der Waals surface area (Å²) >= 11 is 5.81. The van der Waals surface area contributed by atoms with Crippen molar-refractivity contribution in [1.82, 2.24) is 4.98 Å². The number of nitrogens with zero attached hydrogens (tertiary/aromatic N) is 3. The molecule has 3 rings (SSSR count). The number of aryl methyl sites for hydroxylation is 2. The zero-order valence-electron chi connectivity index (χ0n) is 15.2. The van der Waals surface area contributed by atoms with Crippen LogP contribution in [0.4, 0.5) is 20.7 Å². The summed E-state index contributed by atoms with van der Waals surface area (Å²) in [6.07, 6.45) is 0.144. The summed E-state index contributed by atoms with van der Waals surface area (Å²) in [5.41, 5.74) is 2.16. The van der Waals surface area contributed by atoms with Gasteiger partial charge in [-0.05, 0) is 49.2 Å². The molecule has 2 aromatic rings. The van der Waals surface area contributed by atoms with Crippen molar-refractivity contribution < 1.29 is 18.7 Å². The van der Waals surface area contributed by atoms with E-state index >= 15 is 0 Å². The third-order valence-electron chi connectivity index (χ3n) is 4.43. The molecule has 8 heteroatoms. The largest absolute Gasteiger partial charge is 0.446 e. The number of hydrogen-bond acceptors (Lipinski definition) is 4. The average molecular weight is 392 g/mol. The fraction of sp³-hybridized carbons (Fsp3) is 0.316. The highest BCUT2D eigenvalue weighted by Crippen LogP contribution is 2.27. The maximum atomic E-state index is 13.4. The summed E-state index contributed by atoms with van der Waals surface area (Å²) in [6, 6.07) is 6.82. The van der Waals surface area contributed by atoms with Gasteiger partial charge in [-0.2, -0.15) is 0 Å². The van der Waals surface area contributed by atoms with Crippen LogP contribution in [0.2, 0.25) is 5.02 Å². The molecular weight excluding hydrogens is 373 g/mol. The van der Waals surface area contributed by atoms with E-state index < -0.39 is 18.0 Å². The monoisotopic (exact) mass is 391 g/mol. The maximum Gasteiger partial charge on any atom is 0.416 e. The van der Waals surface area contributed by atoms with Crippen molar-refractivity contribution in [2.24, 2.45) is 0 Å². The summed E-state index contributed by atoms with van der Waals surface area (Å²) in [5.74, 6) is -0.582. The van der Waals surface area contributed by atoms with Crippen LogP contribution in [-0.4, -0.2) is 36.7 Å². The SMILES string of the molecule is CCc1cc(C)nc(N2C(=O)OC[C@H]2C(=O)N(C)c2ccc(F)c(Cl)c2)c1. The number of hydrogen-bond donors (Lipinski definition) is 0. The number of likely N-dealkylation sites (N-methyl/N-ethyl adjacent to an activating group) is 1.